The average Bonchev–Trinajstić information content (AvgIpc) is 2.91. The SMILES string of the molecule is CNCc1cnc(N(CC(C)C)C2CCCC2)nc1. The van der Waals surface area contributed by atoms with Gasteiger partial charge in [-0.05, 0) is 25.8 Å². The van der Waals surface area contributed by atoms with Gasteiger partial charge in [-0.2, -0.15) is 0 Å². The first-order chi connectivity index (χ1) is 9.20. The highest BCUT2D eigenvalue weighted by atomic mass is 15.3. The van der Waals surface area contributed by atoms with E-state index < -0.39 is 0 Å². The van der Waals surface area contributed by atoms with Crippen molar-refractivity contribution in [1.29, 1.82) is 0 Å². The summed E-state index contributed by atoms with van der Waals surface area (Å²) < 4.78 is 0. The van der Waals surface area contributed by atoms with E-state index in [0.717, 1.165) is 24.6 Å². The largest absolute Gasteiger partial charge is 0.338 e. The molecule has 106 valence electrons. The molecule has 19 heavy (non-hydrogen) atoms. The number of nitrogens with one attached hydrogen (secondary N) is 1. The van der Waals surface area contributed by atoms with Crippen molar-refractivity contribution in [1.82, 2.24) is 15.3 Å². The maximum Gasteiger partial charge on any atom is 0.225 e. The van der Waals surface area contributed by atoms with Crippen LogP contribution in [0.5, 0.6) is 0 Å². The lowest BCUT2D eigenvalue weighted by Gasteiger charge is -2.30. The third-order valence-electron chi connectivity index (χ3n) is 3.66. The van der Waals surface area contributed by atoms with Crippen LogP contribution in [0.2, 0.25) is 0 Å². The fourth-order valence-corrected chi connectivity index (χ4v) is 2.80. The van der Waals surface area contributed by atoms with Crippen molar-refractivity contribution in [3.8, 4) is 0 Å². The molecule has 1 aromatic rings. The Bertz CT molecular complexity index is 368. The van der Waals surface area contributed by atoms with Crippen LogP contribution in [0.3, 0.4) is 0 Å². The summed E-state index contributed by atoms with van der Waals surface area (Å²) in [4.78, 5) is 11.6. The highest BCUT2D eigenvalue weighted by Crippen LogP contribution is 2.26. The van der Waals surface area contributed by atoms with Crippen LogP contribution in [-0.4, -0.2) is 29.6 Å². The van der Waals surface area contributed by atoms with Crippen molar-refractivity contribution in [2.24, 2.45) is 5.92 Å². The molecular weight excluding hydrogens is 236 g/mol. The van der Waals surface area contributed by atoms with Gasteiger partial charge in [0.25, 0.3) is 0 Å². The van der Waals surface area contributed by atoms with Gasteiger partial charge in [0, 0.05) is 37.1 Å². The molecule has 0 radical (unpaired) electrons. The molecule has 1 heterocycles. The van der Waals surface area contributed by atoms with Gasteiger partial charge in [-0.25, -0.2) is 9.97 Å². The van der Waals surface area contributed by atoms with Gasteiger partial charge in [-0.15, -0.1) is 0 Å². The molecule has 1 saturated carbocycles. The molecule has 0 spiro atoms. The van der Waals surface area contributed by atoms with Gasteiger partial charge in [0.05, 0.1) is 0 Å². The van der Waals surface area contributed by atoms with Crippen LogP contribution >= 0.6 is 0 Å². The number of anilines is 1. The smallest absolute Gasteiger partial charge is 0.225 e. The molecule has 0 amide bonds. The van der Waals surface area contributed by atoms with Gasteiger partial charge in [0.15, 0.2) is 0 Å². The summed E-state index contributed by atoms with van der Waals surface area (Å²) in [5.41, 5.74) is 1.14. The Kier molecular flexibility index (Phi) is 5.14. The van der Waals surface area contributed by atoms with Gasteiger partial charge in [-0.3, -0.25) is 0 Å². The molecule has 4 heteroatoms. The molecule has 2 rings (SSSR count). The predicted octanol–water partition coefficient (Wildman–Crippen LogP) is 2.60. The lowest BCUT2D eigenvalue weighted by molar-refractivity contribution is 0.525. The third kappa shape index (κ3) is 3.90. The van der Waals surface area contributed by atoms with Crippen LogP contribution in [0.4, 0.5) is 5.95 Å². The minimum atomic E-state index is 0.637. The zero-order valence-corrected chi connectivity index (χ0v) is 12.4. The summed E-state index contributed by atoms with van der Waals surface area (Å²) in [6.45, 7) is 6.40. The summed E-state index contributed by atoms with van der Waals surface area (Å²) in [5, 5.41) is 3.13. The molecule has 1 aromatic heterocycles. The lowest BCUT2D eigenvalue weighted by Crippen LogP contribution is -2.37. The van der Waals surface area contributed by atoms with Gasteiger partial charge in [0.1, 0.15) is 0 Å². The summed E-state index contributed by atoms with van der Waals surface area (Å²) in [6, 6.07) is 0.637. The van der Waals surface area contributed by atoms with Gasteiger partial charge in [0.2, 0.25) is 5.95 Å². The molecule has 0 unspecified atom stereocenters. The first-order valence-electron chi connectivity index (χ1n) is 7.43. The standard InChI is InChI=1S/C15H26N4/c1-12(2)11-19(14-6-4-5-7-14)15-17-9-13(8-16-3)10-18-15/h9-10,12,14,16H,4-8,11H2,1-3H3. The molecule has 1 fully saturated rings. The molecule has 4 nitrogen and oxygen atoms in total. The van der Waals surface area contributed by atoms with E-state index in [9.17, 15) is 0 Å². The van der Waals surface area contributed by atoms with Crippen molar-refractivity contribution < 1.29 is 0 Å². The fraction of sp³-hybridized carbons (Fsp3) is 0.733. The van der Waals surface area contributed by atoms with Crippen LogP contribution in [0.1, 0.15) is 45.1 Å². The normalized spacial score (nSPS) is 16.2. The van der Waals surface area contributed by atoms with Crippen LogP contribution in [0, 0.1) is 5.92 Å². The number of rotatable bonds is 6. The fourth-order valence-electron chi connectivity index (χ4n) is 2.80. The number of aromatic nitrogens is 2. The third-order valence-corrected chi connectivity index (χ3v) is 3.66. The predicted molar refractivity (Wildman–Crippen MR) is 79.2 cm³/mol. The number of hydrogen-bond acceptors (Lipinski definition) is 4. The molecule has 0 aliphatic heterocycles. The quantitative estimate of drug-likeness (QED) is 0.855. The average molecular weight is 262 g/mol. The Hall–Kier alpha value is -1.16. The second-order valence-corrected chi connectivity index (χ2v) is 5.91. The monoisotopic (exact) mass is 262 g/mol. The molecular formula is C15H26N4. The van der Waals surface area contributed by atoms with E-state index in [1.54, 1.807) is 0 Å². The highest BCUT2D eigenvalue weighted by molar-refractivity contribution is 5.32. The number of hydrogen-bond donors (Lipinski definition) is 1. The summed E-state index contributed by atoms with van der Waals surface area (Å²) in [7, 11) is 1.94. The van der Waals surface area contributed by atoms with E-state index in [0.29, 0.717) is 12.0 Å². The Morgan fingerprint density at radius 1 is 1.26 bits per heavy atom. The Morgan fingerprint density at radius 2 is 1.89 bits per heavy atom. The molecule has 1 aliphatic rings. The zero-order chi connectivity index (χ0) is 13.7. The Labute approximate surface area is 116 Å². The van der Waals surface area contributed by atoms with Gasteiger partial charge >= 0.3 is 0 Å². The second kappa shape index (κ2) is 6.85. The van der Waals surface area contributed by atoms with Crippen LogP contribution in [0.25, 0.3) is 0 Å². The zero-order valence-electron chi connectivity index (χ0n) is 12.4. The molecule has 1 aliphatic carbocycles. The van der Waals surface area contributed by atoms with Crippen LogP contribution in [0.15, 0.2) is 12.4 Å². The topological polar surface area (TPSA) is 41.1 Å². The molecule has 1 N–H and O–H groups in total. The van der Waals surface area contributed by atoms with E-state index in [2.05, 4.69) is 34.0 Å². The van der Waals surface area contributed by atoms with Crippen molar-refractivity contribution >= 4 is 5.95 Å². The molecule has 0 aromatic carbocycles. The minimum absolute atomic E-state index is 0.637. The molecule has 0 saturated heterocycles. The Balaban J connectivity index is 2.12. The Morgan fingerprint density at radius 3 is 2.42 bits per heavy atom. The van der Waals surface area contributed by atoms with Crippen LogP contribution in [-0.2, 0) is 6.54 Å². The maximum absolute atomic E-state index is 4.57. The van der Waals surface area contributed by atoms with Gasteiger partial charge in [-0.1, -0.05) is 26.7 Å². The van der Waals surface area contributed by atoms with Crippen molar-refractivity contribution in [2.45, 2.75) is 52.1 Å². The van der Waals surface area contributed by atoms with Gasteiger partial charge < -0.3 is 10.2 Å². The summed E-state index contributed by atoms with van der Waals surface area (Å²) >= 11 is 0. The number of nitrogens with zero attached hydrogens (tertiary/aromatic N) is 3. The van der Waals surface area contributed by atoms with Crippen molar-refractivity contribution in [3.05, 3.63) is 18.0 Å². The van der Waals surface area contributed by atoms with E-state index in [1.807, 2.05) is 19.4 Å². The van der Waals surface area contributed by atoms with E-state index in [-0.39, 0.29) is 0 Å². The molecule has 0 atom stereocenters. The lowest BCUT2D eigenvalue weighted by atomic mass is 10.1. The first kappa shape index (κ1) is 14.3. The molecule has 0 bridgehead atoms. The first-order valence-corrected chi connectivity index (χ1v) is 7.43. The van der Waals surface area contributed by atoms with E-state index >= 15 is 0 Å². The van der Waals surface area contributed by atoms with Crippen molar-refractivity contribution in [3.63, 3.8) is 0 Å². The van der Waals surface area contributed by atoms with Crippen molar-refractivity contribution in [2.75, 3.05) is 18.5 Å². The second-order valence-electron chi connectivity index (χ2n) is 5.91. The summed E-state index contributed by atoms with van der Waals surface area (Å²) in [6.07, 6.45) is 9.15. The maximum atomic E-state index is 4.57. The minimum Gasteiger partial charge on any atom is -0.338 e. The summed E-state index contributed by atoms with van der Waals surface area (Å²) in [5.74, 6) is 1.54. The van der Waals surface area contributed by atoms with E-state index in [4.69, 9.17) is 0 Å². The highest BCUT2D eigenvalue weighted by Gasteiger charge is 2.25. The van der Waals surface area contributed by atoms with Crippen LogP contribution < -0.4 is 10.2 Å². The van der Waals surface area contributed by atoms with E-state index in [1.165, 1.54) is 25.7 Å².